The predicted molar refractivity (Wildman–Crippen MR) is 83.9 cm³/mol. The van der Waals surface area contributed by atoms with Crippen LogP contribution in [-0.4, -0.2) is 23.3 Å². The van der Waals surface area contributed by atoms with E-state index in [1.165, 1.54) is 11.8 Å². The number of hydrogen-bond acceptors (Lipinski definition) is 4. The highest BCUT2D eigenvalue weighted by molar-refractivity contribution is 7.99. The van der Waals surface area contributed by atoms with Crippen molar-refractivity contribution < 1.29 is 14.0 Å². The lowest BCUT2D eigenvalue weighted by Gasteiger charge is -2.11. The second-order valence-corrected chi connectivity index (χ2v) is 5.85. The Labute approximate surface area is 127 Å². The van der Waals surface area contributed by atoms with Gasteiger partial charge in [-0.05, 0) is 19.1 Å². The largest absolute Gasteiger partial charge is 0.459 e. The zero-order chi connectivity index (χ0) is 15.2. The van der Waals surface area contributed by atoms with Gasteiger partial charge < -0.3 is 15.5 Å². The number of hydrogen-bond donors (Lipinski definition) is 2. The highest BCUT2D eigenvalue weighted by atomic mass is 32.2. The van der Waals surface area contributed by atoms with Gasteiger partial charge in [0.05, 0.1) is 11.8 Å². The molecule has 1 heterocycles. The Hall–Kier alpha value is -1.95. The summed E-state index contributed by atoms with van der Waals surface area (Å²) in [5.41, 5.74) is 5.84. The molecule has 3 N–H and O–H groups in total. The molecule has 0 bridgehead atoms. The number of fused-ring (bicyclic) bond motifs is 1. The van der Waals surface area contributed by atoms with Crippen LogP contribution in [0.4, 0.5) is 0 Å². The standard InChI is InChI=1S/C15H18N2O3S/c1-10(17-15(19)6-7-21-9-14(16)18)13-8-11-4-2-3-5-12(11)20-13/h2-5,8,10H,6-7,9H2,1H3,(H2,16,18)(H,17,19)/t10-/m0/s1. The minimum Gasteiger partial charge on any atom is -0.459 e. The van der Waals surface area contributed by atoms with Crippen LogP contribution < -0.4 is 11.1 Å². The van der Waals surface area contributed by atoms with Gasteiger partial charge >= 0.3 is 0 Å². The third-order valence-electron chi connectivity index (χ3n) is 2.97. The SMILES string of the molecule is C[C@H](NC(=O)CCSCC(N)=O)c1cc2ccccc2o1. The summed E-state index contributed by atoms with van der Waals surface area (Å²) in [6.07, 6.45) is 0.350. The molecule has 0 fully saturated rings. The van der Waals surface area contributed by atoms with Crippen molar-refractivity contribution in [2.75, 3.05) is 11.5 Å². The fraction of sp³-hybridized carbons (Fsp3) is 0.333. The van der Waals surface area contributed by atoms with Gasteiger partial charge in [0.1, 0.15) is 11.3 Å². The van der Waals surface area contributed by atoms with Crippen molar-refractivity contribution >= 4 is 34.5 Å². The van der Waals surface area contributed by atoms with Crippen LogP contribution in [0.5, 0.6) is 0 Å². The molecule has 2 amide bonds. The van der Waals surface area contributed by atoms with Gasteiger partial charge in [-0.3, -0.25) is 9.59 Å². The third kappa shape index (κ3) is 4.53. The summed E-state index contributed by atoms with van der Waals surface area (Å²) >= 11 is 1.36. The molecule has 0 radical (unpaired) electrons. The minimum absolute atomic E-state index is 0.0695. The molecule has 1 aromatic carbocycles. The number of rotatable bonds is 7. The van der Waals surface area contributed by atoms with E-state index in [1.807, 2.05) is 37.3 Å². The number of amides is 2. The number of carbonyl (C=O) groups is 2. The van der Waals surface area contributed by atoms with Gasteiger partial charge in [0.15, 0.2) is 0 Å². The first kappa shape index (κ1) is 15.4. The van der Waals surface area contributed by atoms with Crippen LogP contribution >= 0.6 is 11.8 Å². The quantitative estimate of drug-likeness (QED) is 0.768. The van der Waals surface area contributed by atoms with Gasteiger partial charge in [-0.15, -0.1) is 0 Å². The summed E-state index contributed by atoms with van der Waals surface area (Å²) in [4.78, 5) is 22.4. The fourth-order valence-corrected chi connectivity index (χ4v) is 2.61. The third-order valence-corrected chi connectivity index (χ3v) is 3.95. The molecule has 0 aliphatic heterocycles. The van der Waals surface area contributed by atoms with Crippen LogP contribution in [0.3, 0.4) is 0 Å². The highest BCUT2D eigenvalue weighted by Crippen LogP contribution is 2.23. The zero-order valence-corrected chi connectivity index (χ0v) is 12.6. The maximum Gasteiger partial charge on any atom is 0.227 e. The molecule has 0 aliphatic carbocycles. The van der Waals surface area contributed by atoms with E-state index >= 15 is 0 Å². The average molecular weight is 306 g/mol. The minimum atomic E-state index is -0.365. The van der Waals surface area contributed by atoms with E-state index in [1.54, 1.807) is 0 Å². The van der Waals surface area contributed by atoms with E-state index in [0.717, 1.165) is 16.7 Å². The maximum absolute atomic E-state index is 11.8. The lowest BCUT2D eigenvalue weighted by Crippen LogP contribution is -2.26. The van der Waals surface area contributed by atoms with Crippen molar-refractivity contribution in [3.8, 4) is 0 Å². The van der Waals surface area contributed by atoms with E-state index in [4.69, 9.17) is 10.2 Å². The number of benzene rings is 1. The summed E-state index contributed by atoms with van der Waals surface area (Å²) in [7, 11) is 0. The van der Waals surface area contributed by atoms with Gasteiger partial charge in [0.2, 0.25) is 11.8 Å². The summed E-state index contributed by atoms with van der Waals surface area (Å²) in [6, 6.07) is 9.47. The van der Waals surface area contributed by atoms with Crippen molar-refractivity contribution in [2.24, 2.45) is 5.73 Å². The first-order valence-corrected chi connectivity index (χ1v) is 7.85. The normalized spacial score (nSPS) is 12.2. The fourth-order valence-electron chi connectivity index (χ4n) is 1.94. The molecular formula is C15H18N2O3S. The molecule has 2 aromatic rings. The van der Waals surface area contributed by atoms with Crippen LogP contribution in [0.2, 0.25) is 0 Å². The van der Waals surface area contributed by atoms with E-state index < -0.39 is 0 Å². The van der Waals surface area contributed by atoms with Crippen molar-refractivity contribution in [1.82, 2.24) is 5.32 Å². The molecule has 0 saturated heterocycles. The number of carbonyl (C=O) groups excluding carboxylic acids is 2. The second kappa shape index (κ2) is 7.17. The van der Waals surface area contributed by atoms with Crippen molar-refractivity contribution in [3.63, 3.8) is 0 Å². The molecule has 0 spiro atoms. The first-order chi connectivity index (χ1) is 10.1. The molecule has 0 aliphatic rings. The van der Waals surface area contributed by atoms with E-state index in [0.29, 0.717) is 12.2 Å². The molecule has 0 unspecified atom stereocenters. The Morgan fingerprint density at radius 3 is 2.86 bits per heavy atom. The number of nitrogens with one attached hydrogen (secondary N) is 1. The van der Waals surface area contributed by atoms with Gasteiger partial charge in [-0.1, -0.05) is 18.2 Å². The number of nitrogens with two attached hydrogens (primary N) is 1. The predicted octanol–water partition coefficient (Wildman–Crippen LogP) is 2.22. The van der Waals surface area contributed by atoms with Crippen LogP contribution in [0.15, 0.2) is 34.7 Å². The Morgan fingerprint density at radius 1 is 1.38 bits per heavy atom. The molecule has 21 heavy (non-hydrogen) atoms. The molecule has 2 rings (SSSR count). The van der Waals surface area contributed by atoms with Gasteiger partial charge in [0.25, 0.3) is 0 Å². The Morgan fingerprint density at radius 2 is 2.14 bits per heavy atom. The smallest absolute Gasteiger partial charge is 0.227 e. The molecule has 5 nitrogen and oxygen atoms in total. The van der Waals surface area contributed by atoms with Crippen molar-refractivity contribution in [3.05, 3.63) is 36.1 Å². The molecule has 0 saturated carbocycles. The molecule has 1 aromatic heterocycles. The number of furan rings is 1. The number of thioether (sulfide) groups is 1. The summed E-state index contributed by atoms with van der Waals surface area (Å²) in [5.74, 6) is 1.11. The van der Waals surface area contributed by atoms with Crippen LogP contribution in [0.25, 0.3) is 11.0 Å². The molecule has 1 atom stereocenters. The van der Waals surface area contributed by atoms with E-state index in [-0.39, 0.29) is 23.6 Å². The molecule has 112 valence electrons. The Balaban J connectivity index is 1.84. The van der Waals surface area contributed by atoms with Crippen molar-refractivity contribution in [1.29, 1.82) is 0 Å². The molecular weight excluding hydrogens is 288 g/mol. The Bertz CT molecular complexity index is 606. The number of primary amides is 1. The molecule has 6 heteroatoms. The summed E-state index contributed by atoms with van der Waals surface area (Å²) < 4.78 is 5.71. The van der Waals surface area contributed by atoms with Gasteiger partial charge in [-0.25, -0.2) is 0 Å². The van der Waals surface area contributed by atoms with Crippen molar-refractivity contribution in [2.45, 2.75) is 19.4 Å². The first-order valence-electron chi connectivity index (χ1n) is 6.70. The van der Waals surface area contributed by atoms with Crippen LogP contribution in [-0.2, 0) is 9.59 Å². The van der Waals surface area contributed by atoms with Gasteiger partial charge in [0, 0.05) is 17.6 Å². The van der Waals surface area contributed by atoms with Crippen LogP contribution in [0, 0.1) is 0 Å². The monoisotopic (exact) mass is 306 g/mol. The summed E-state index contributed by atoms with van der Waals surface area (Å²) in [5, 5.41) is 3.90. The number of para-hydroxylation sites is 1. The van der Waals surface area contributed by atoms with Crippen LogP contribution in [0.1, 0.15) is 25.1 Å². The second-order valence-electron chi connectivity index (χ2n) is 4.74. The topological polar surface area (TPSA) is 85.3 Å². The zero-order valence-electron chi connectivity index (χ0n) is 11.8. The lowest BCUT2D eigenvalue weighted by atomic mass is 10.2. The Kier molecular flexibility index (Phi) is 5.27. The van der Waals surface area contributed by atoms with E-state index in [2.05, 4.69) is 5.32 Å². The average Bonchev–Trinajstić information content (AvgIpc) is 2.87. The maximum atomic E-state index is 11.8. The van der Waals surface area contributed by atoms with Gasteiger partial charge in [-0.2, -0.15) is 11.8 Å². The lowest BCUT2D eigenvalue weighted by molar-refractivity contribution is -0.121. The highest BCUT2D eigenvalue weighted by Gasteiger charge is 2.13. The summed E-state index contributed by atoms with van der Waals surface area (Å²) in [6.45, 7) is 1.88. The van der Waals surface area contributed by atoms with E-state index in [9.17, 15) is 9.59 Å².